The molecule has 23 heteroatoms. The Bertz CT molecular complexity index is 1430. The number of nitrogens with one attached hydrogen (secondary N) is 4. The van der Waals surface area contributed by atoms with E-state index in [2.05, 4.69) is 36.2 Å². The van der Waals surface area contributed by atoms with Gasteiger partial charge in [-0.05, 0) is 89.5 Å². The summed E-state index contributed by atoms with van der Waals surface area (Å²) in [5.41, 5.74) is 44.3. The predicted molar refractivity (Wildman–Crippen MR) is 220 cm³/mol. The number of carbonyl (C=O) groups is 6. The molecule has 0 saturated carbocycles. The summed E-state index contributed by atoms with van der Waals surface area (Å²) in [6.07, 6.45) is 3.18. The van der Waals surface area contributed by atoms with Crippen molar-refractivity contribution in [1.82, 2.24) is 26.2 Å². The average Bonchev–Trinajstić information content (AvgIpc) is 3.64. The summed E-state index contributed by atoms with van der Waals surface area (Å²) in [7, 11) is 0. The van der Waals surface area contributed by atoms with Crippen LogP contribution in [0.4, 0.5) is 0 Å². The fourth-order valence-corrected chi connectivity index (χ4v) is 6.27. The van der Waals surface area contributed by atoms with Crippen molar-refractivity contribution in [3.05, 3.63) is 0 Å². The molecule has 0 aromatic carbocycles. The van der Waals surface area contributed by atoms with Gasteiger partial charge in [0.1, 0.15) is 30.2 Å². The number of carbonyl (C=O) groups excluding carboxylic acids is 5. The zero-order chi connectivity index (χ0) is 43.8. The Morgan fingerprint density at radius 1 is 0.655 bits per heavy atom. The fourth-order valence-electron chi connectivity index (χ4n) is 6.27. The van der Waals surface area contributed by atoms with Crippen molar-refractivity contribution in [3.8, 4) is 0 Å². The highest BCUT2D eigenvalue weighted by atomic mass is 16.4. The van der Waals surface area contributed by atoms with Crippen LogP contribution < -0.4 is 67.1 Å². The predicted octanol–water partition coefficient (Wildman–Crippen LogP) is -4.34. The maximum Gasteiger partial charge on any atom is 0.326 e. The molecule has 0 aromatic rings. The summed E-state index contributed by atoms with van der Waals surface area (Å²) in [6.45, 7) is 4.79. The summed E-state index contributed by atoms with van der Waals surface area (Å²) in [5.74, 6) is -4.81. The molecule has 23 nitrogen and oxygen atoms in total. The van der Waals surface area contributed by atoms with E-state index in [1.807, 2.05) is 13.8 Å². The minimum absolute atomic E-state index is 0.0141. The van der Waals surface area contributed by atoms with Gasteiger partial charge in [-0.2, -0.15) is 0 Å². The third-order valence-electron chi connectivity index (χ3n) is 9.18. The Kier molecular flexibility index (Phi) is 23.7. The van der Waals surface area contributed by atoms with Gasteiger partial charge in [-0.25, -0.2) is 4.79 Å². The second kappa shape index (κ2) is 27.2. The maximum atomic E-state index is 14.0. The molecule has 0 bridgehead atoms. The molecular formula is C35H68N16O7. The number of likely N-dealkylation sites (tertiary alicyclic amines) is 1. The first-order valence-electron chi connectivity index (χ1n) is 19.7. The molecule has 0 spiro atoms. The van der Waals surface area contributed by atoms with Crippen molar-refractivity contribution >= 4 is 53.4 Å². The smallest absolute Gasteiger partial charge is 0.326 e. The van der Waals surface area contributed by atoms with Crippen LogP contribution in [0.1, 0.15) is 90.9 Å². The molecule has 1 rings (SSSR count). The SMILES string of the molecule is CC(C)C[C@H](N)C(=O)N[C@@H](CCCN=C(N)N)C(=O)N1CCC[C@H]1C(=O)N[C@@H](CCCN=C(N)N)C(=O)N[C@@H](CCCN=C(N)N)C(=O)N[C@@H](CCCCN)C(=O)O. The number of amides is 5. The zero-order valence-electron chi connectivity index (χ0n) is 33.9. The number of unbranched alkanes of at least 4 members (excludes halogenated alkanes) is 1. The van der Waals surface area contributed by atoms with Gasteiger partial charge in [0.25, 0.3) is 0 Å². The minimum atomic E-state index is -1.26. The van der Waals surface area contributed by atoms with E-state index in [-0.39, 0.29) is 94.9 Å². The molecule has 1 fully saturated rings. The van der Waals surface area contributed by atoms with Gasteiger partial charge in [-0.1, -0.05) is 13.8 Å². The van der Waals surface area contributed by atoms with Gasteiger partial charge in [0.05, 0.1) is 6.04 Å². The third kappa shape index (κ3) is 20.1. The van der Waals surface area contributed by atoms with Gasteiger partial charge in [0.15, 0.2) is 17.9 Å². The number of carboxylic acid groups (broad SMARTS) is 1. The van der Waals surface area contributed by atoms with Crippen molar-refractivity contribution in [1.29, 1.82) is 0 Å². The number of rotatable bonds is 28. The molecule has 330 valence electrons. The van der Waals surface area contributed by atoms with E-state index < -0.39 is 71.8 Å². The number of carboxylic acids is 1. The lowest BCUT2D eigenvalue weighted by Gasteiger charge is -2.30. The Morgan fingerprint density at radius 2 is 1.10 bits per heavy atom. The Labute approximate surface area is 339 Å². The molecule has 0 radical (unpaired) electrons. The van der Waals surface area contributed by atoms with Crippen molar-refractivity contribution in [2.45, 2.75) is 127 Å². The number of hydrogen-bond donors (Lipinski definition) is 13. The highest BCUT2D eigenvalue weighted by Gasteiger charge is 2.39. The summed E-state index contributed by atoms with van der Waals surface area (Å²) in [5, 5.41) is 20.4. The molecule has 21 N–H and O–H groups in total. The number of aliphatic imine (C=N–C) groups is 3. The summed E-state index contributed by atoms with van der Waals surface area (Å²) in [4.78, 5) is 93.6. The van der Waals surface area contributed by atoms with E-state index in [1.54, 1.807) is 0 Å². The standard InChI is InChI=1S/C35H68N16O7/c1-20(2)19-21(37)27(52)49-24(12-7-17-46-35(42)43)31(56)51-18-8-13-26(51)30(55)48-23(11-6-16-45-34(40)41)28(53)47-22(10-5-15-44-33(38)39)29(54)50-25(32(57)58)9-3-4-14-36/h20-26H,3-19,36-37H2,1-2H3,(H,47,53)(H,48,55)(H,49,52)(H,50,54)(H,57,58)(H4,38,39,44)(H4,40,41,45)(H4,42,43,46)/t21-,22-,23-,24-,25-,26-/m0/s1. The third-order valence-corrected chi connectivity index (χ3v) is 9.18. The Balaban J connectivity index is 3.36. The maximum absolute atomic E-state index is 14.0. The van der Waals surface area contributed by atoms with E-state index >= 15 is 0 Å². The number of aliphatic carboxylic acids is 1. The van der Waals surface area contributed by atoms with Crippen LogP contribution in [0.15, 0.2) is 15.0 Å². The van der Waals surface area contributed by atoms with Crippen molar-refractivity contribution in [3.63, 3.8) is 0 Å². The summed E-state index contributed by atoms with van der Waals surface area (Å²) < 4.78 is 0. The lowest BCUT2D eigenvalue weighted by Crippen LogP contribution is -2.59. The van der Waals surface area contributed by atoms with E-state index in [9.17, 15) is 33.9 Å². The van der Waals surface area contributed by atoms with Gasteiger partial charge in [-0.3, -0.25) is 38.9 Å². The molecule has 6 atom stereocenters. The Morgan fingerprint density at radius 3 is 1.57 bits per heavy atom. The normalized spacial score (nSPS) is 16.2. The molecular weight excluding hydrogens is 756 g/mol. The average molecular weight is 825 g/mol. The molecule has 58 heavy (non-hydrogen) atoms. The highest BCUT2D eigenvalue weighted by molar-refractivity contribution is 5.96. The first kappa shape index (κ1) is 50.6. The quantitative estimate of drug-likeness (QED) is 0.0202. The summed E-state index contributed by atoms with van der Waals surface area (Å²) >= 11 is 0. The van der Waals surface area contributed by atoms with Crippen LogP contribution in [-0.4, -0.2) is 132 Å². The van der Waals surface area contributed by atoms with Crippen LogP contribution in [0.25, 0.3) is 0 Å². The fraction of sp³-hybridized carbons (Fsp3) is 0.743. The highest BCUT2D eigenvalue weighted by Crippen LogP contribution is 2.21. The number of nitrogens with zero attached hydrogens (tertiary/aromatic N) is 4. The second-order valence-electron chi connectivity index (χ2n) is 14.6. The molecule has 5 amide bonds. The van der Waals surface area contributed by atoms with Crippen LogP contribution in [-0.2, 0) is 28.8 Å². The topological polar surface area (TPSA) is 419 Å². The van der Waals surface area contributed by atoms with Crippen LogP contribution >= 0.6 is 0 Å². The van der Waals surface area contributed by atoms with Crippen LogP contribution in [0.3, 0.4) is 0 Å². The molecule has 1 aliphatic rings. The van der Waals surface area contributed by atoms with Crippen molar-refractivity contribution in [2.75, 3.05) is 32.7 Å². The first-order valence-corrected chi connectivity index (χ1v) is 19.7. The largest absolute Gasteiger partial charge is 0.480 e. The van der Waals surface area contributed by atoms with Crippen LogP contribution in [0, 0.1) is 5.92 Å². The number of guanidine groups is 3. The van der Waals surface area contributed by atoms with E-state index in [1.165, 1.54) is 4.90 Å². The van der Waals surface area contributed by atoms with E-state index in [0.29, 0.717) is 38.6 Å². The number of hydrogen-bond acceptors (Lipinski definition) is 11. The molecule has 0 unspecified atom stereocenters. The van der Waals surface area contributed by atoms with E-state index in [4.69, 9.17) is 45.9 Å². The molecule has 1 saturated heterocycles. The van der Waals surface area contributed by atoms with Gasteiger partial charge in [0.2, 0.25) is 29.5 Å². The van der Waals surface area contributed by atoms with Crippen LogP contribution in [0.2, 0.25) is 0 Å². The monoisotopic (exact) mass is 825 g/mol. The zero-order valence-corrected chi connectivity index (χ0v) is 33.9. The molecule has 0 aliphatic carbocycles. The lowest BCUT2D eigenvalue weighted by atomic mass is 10.0. The molecule has 1 heterocycles. The number of nitrogens with two attached hydrogens (primary N) is 8. The molecule has 0 aromatic heterocycles. The van der Waals surface area contributed by atoms with Gasteiger partial charge in [0, 0.05) is 26.2 Å². The van der Waals surface area contributed by atoms with E-state index in [0.717, 1.165) is 0 Å². The van der Waals surface area contributed by atoms with Gasteiger partial charge in [-0.15, -0.1) is 0 Å². The van der Waals surface area contributed by atoms with Crippen LogP contribution in [0.5, 0.6) is 0 Å². The minimum Gasteiger partial charge on any atom is -0.480 e. The Hall–Kier alpha value is -5.45. The van der Waals surface area contributed by atoms with Crippen molar-refractivity contribution in [2.24, 2.45) is 66.8 Å². The first-order chi connectivity index (χ1) is 27.4. The summed E-state index contributed by atoms with van der Waals surface area (Å²) in [6, 6.07) is -6.65. The van der Waals surface area contributed by atoms with Gasteiger partial charge < -0.3 is 77.1 Å². The van der Waals surface area contributed by atoms with Gasteiger partial charge >= 0.3 is 5.97 Å². The van der Waals surface area contributed by atoms with Crippen molar-refractivity contribution < 1.29 is 33.9 Å². The molecule has 1 aliphatic heterocycles. The second-order valence-corrected chi connectivity index (χ2v) is 14.6. The lowest BCUT2D eigenvalue weighted by molar-refractivity contribution is -0.143.